The monoisotopic (exact) mass is 393 g/mol. The van der Waals surface area contributed by atoms with Crippen LogP contribution in [-0.4, -0.2) is 48.8 Å². The van der Waals surface area contributed by atoms with Crippen LogP contribution in [0.1, 0.15) is 70.6 Å². The van der Waals surface area contributed by atoms with Gasteiger partial charge in [-0.1, -0.05) is 20.3 Å². The first kappa shape index (κ1) is 21.4. The Hall–Kier alpha value is -1.92. The third-order valence-corrected chi connectivity index (χ3v) is 5.45. The molecule has 0 atom stereocenters. The maximum absolute atomic E-state index is 12.5. The van der Waals surface area contributed by atoms with Crippen LogP contribution >= 0.6 is 12.4 Å². The summed E-state index contributed by atoms with van der Waals surface area (Å²) in [6.07, 6.45) is 3.75. The number of benzene rings is 1. The van der Waals surface area contributed by atoms with Gasteiger partial charge in [0, 0.05) is 18.7 Å². The normalized spacial score (nSPS) is 18.1. The number of rotatable bonds is 6. The van der Waals surface area contributed by atoms with E-state index in [1.54, 1.807) is 18.2 Å². The zero-order valence-corrected chi connectivity index (χ0v) is 16.8. The lowest BCUT2D eigenvalue weighted by atomic mass is 9.81. The van der Waals surface area contributed by atoms with Gasteiger partial charge >= 0.3 is 0 Å². The number of hydrogen-bond donors (Lipinski definition) is 2. The molecule has 0 radical (unpaired) electrons. The number of imide groups is 1. The Bertz CT molecular complexity index is 729. The SMILES string of the molecule is CCCCN1C(=O)c2ccc(C(=O)NCC3(C)CCNCC3)cc2C1=O.Cl. The molecule has 6 nitrogen and oxygen atoms in total. The van der Waals surface area contributed by atoms with Crippen molar-refractivity contribution in [1.29, 1.82) is 0 Å². The summed E-state index contributed by atoms with van der Waals surface area (Å²) in [6.45, 7) is 7.18. The zero-order chi connectivity index (χ0) is 18.7. The molecule has 2 N–H and O–H groups in total. The largest absolute Gasteiger partial charge is 0.351 e. The van der Waals surface area contributed by atoms with Crippen molar-refractivity contribution in [3.05, 3.63) is 34.9 Å². The highest BCUT2D eigenvalue weighted by Gasteiger charge is 2.35. The number of hydrogen-bond acceptors (Lipinski definition) is 4. The summed E-state index contributed by atoms with van der Waals surface area (Å²) in [5.41, 5.74) is 1.26. The molecule has 1 aromatic rings. The van der Waals surface area contributed by atoms with Crippen LogP contribution in [0.3, 0.4) is 0 Å². The molecule has 0 unspecified atom stereocenters. The Morgan fingerprint density at radius 1 is 1.19 bits per heavy atom. The molecular weight excluding hydrogens is 366 g/mol. The summed E-state index contributed by atoms with van der Waals surface area (Å²) in [7, 11) is 0. The predicted molar refractivity (Wildman–Crippen MR) is 107 cm³/mol. The van der Waals surface area contributed by atoms with Crippen molar-refractivity contribution < 1.29 is 14.4 Å². The Kier molecular flexibility index (Phi) is 7.00. The molecule has 0 saturated carbocycles. The Morgan fingerprint density at radius 2 is 1.85 bits per heavy atom. The van der Waals surface area contributed by atoms with E-state index in [-0.39, 0.29) is 35.5 Å². The molecule has 0 bridgehead atoms. The molecule has 3 amide bonds. The van der Waals surface area contributed by atoms with Gasteiger partial charge in [-0.05, 0) is 56.0 Å². The first-order valence-corrected chi connectivity index (χ1v) is 9.44. The number of nitrogens with one attached hydrogen (secondary N) is 2. The molecule has 27 heavy (non-hydrogen) atoms. The minimum atomic E-state index is -0.293. The smallest absolute Gasteiger partial charge is 0.261 e. The van der Waals surface area contributed by atoms with Crippen molar-refractivity contribution in [2.75, 3.05) is 26.2 Å². The first-order valence-electron chi connectivity index (χ1n) is 9.44. The number of carbonyl (C=O) groups is 3. The fourth-order valence-electron chi connectivity index (χ4n) is 3.55. The number of amides is 3. The molecule has 2 heterocycles. The fraction of sp³-hybridized carbons (Fsp3) is 0.550. The van der Waals surface area contributed by atoms with Crippen LogP contribution in [0.15, 0.2) is 18.2 Å². The molecule has 2 aliphatic heterocycles. The molecule has 1 aromatic carbocycles. The number of piperidine rings is 1. The van der Waals surface area contributed by atoms with E-state index in [0.29, 0.717) is 29.8 Å². The second-order valence-electron chi connectivity index (χ2n) is 7.62. The number of unbranched alkanes of at least 4 members (excludes halogenated alkanes) is 1. The second-order valence-corrected chi connectivity index (χ2v) is 7.62. The second kappa shape index (κ2) is 8.85. The molecule has 1 fully saturated rings. The lowest BCUT2D eigenvalue weighted by Crippen LogP contribution is -2.42. The van der Waals surface area contributed by atoms with E-state index in [2.05, 4.69) is 17.6 Å². The van der Waals surface area contributed by atoms with Crippen LogP contribution < -0.4 is 10.6 Å². The van der Waals surface area contributed by atoms with Gasteiger partial charge in [0.15, 0.2) is 0 Å². The van der Waals surface area contributed by atoms with Gasteiger partial charge in [0.25, 0.3) is 17.7 Å². The summed E-state index contributed by atoms with van der Waals surface area (Å²) in [6, 6.07) is 4.79. The average Bonchev–Trinajstić information content (AvgIpc) is 2.89. The quantitative estimate of drug-likeness (QED) is 0.728. The maximum Gasteiger partial charge on any atom is 0.261 e. The van der Waals surface area contributed by atoms with Crippen LogP contribution in [0, 0.1) is 5.41 Å². The van der Waals surface area contributed by atoms with Crippen molar-refractivity contribution in [3.63, 3.8) is 0 Å². The maximum atomic E-state index is 12.5. The van der Waals surface area contributed by atoms with E-state index >= 15 is 0 Å². The van der Waals surface area contributed by atoms with E-state index < -0.39 is 0 Å². The minimum absolute atomic E-state index is 0. The average molecular weight is 394 g/mol. The van der Waals surface area contributed by atoms with E-state index in [1.807, 2.05) is 6.92 Å². The number of halogens is 1. The summed E-state index contributed by atoms with van der Waals surface area (Å²) in [5, 5.41) is 6.32. The van der Waals surface area contributed by atoms with Gasteiger partial charge in [0.05, 0.1) is 11.1 Å². The summed E-state index contributed by atoms with van der Waals surface area (Å²) < 4.78 is 0. The first-order chi connectivity index (χ1) is 12.4. The van der Waals surface area contributed by atoms with Gasteiger partial charge in [0.1, 0.15) is 0 Å². The molecule has 2 aliphatic rings. The van der Waals surface area contributed by atoms with Crippen molar-refractivity contribution in [3.8, 4) is 0 Å². The van der Waals surface area contributed by atoms with Crippen molar-refractivity contribution in [1.82, 2.24) is 15.5 Å². The van der Waals surface area contributed by atoms with Crippen molar-refractivity contribution in [2.24, 2.45) is 5.41 Å². The highest BCUT2D eigenvalue weighted by atomic mass is 35.5. The number of fused-ring (bicyclic) bond motifs is 1. The summed E-state index contributed by atoms with van der Waals surface area (Å²) >= 11 is 0. The van der Waals surface area contributed by atoms with Gasteiger partial charge in [-0.3, -0.25) is 19.3 Å². The van der Waals surface area contributed by atoms with E-state index in [0.717, 1.165) is 38.8 Å². The van der Waals surface area contributed by atoms with Crippen LogP contribution in [0.5, 0.6) is 0 Å². The lowest BCUT2D eigenvalue weighted by molar-refractivity contribution is 0.0652. The van der Waals surface area contributed by atoms with E-state index in [9.17, 15) is 14.4 Å². The van der Waals surface area contributed by atoms with Crippen LogP contribution in [0.2, 0.25) is 0 Å². The van der Waals surface area contributed by atoms with Crippen LogP contribution in [0.4, 0.5) is 0 Å². The third kappa shape index (κ3) is 4.50. The van der Waals surface area contributed by atoms with Crippen LogP contribution in [-0.2, 0) is 0 Å². The summed E-state index contributed by atoms with van der Waals surface area (Å²) in [5.74, 6) is -0.745. The molecule has 7 heteroatoms. The highest BCUT2D eigenvalue weighted by Crippen LogP contribution is 2.27. The van der Waals surface area contributed by atoms with Gasteiger partial charge in [-0.25, -0.2) is 0 Å². The molecule has 3 rings (SSSR count). The molecule has 0 aromatic heterocycles. The standard InChI is InChI=1S/C20H27N3O3.ClH/c1-3-4-11-23-18(25)15-6-5-14(12-16(15)19(23)26)17(24)22-13-20(2)7-9-21-10-8-20;/h5-6,12,21H,3-4,7-11,13H2,1-2H3,(H,22,24);1H. The van der Waals surface area contributed by atoms with E-state index in [4.69, 9.17) is 0 Å². The topological polar surface area (TPSA) is 78.5 Å². The molecule has 1 saturated heterocycles. The van der Waals surface area contributed by atoms with Gasteiger partial charge in [0.2, 0.25) is 0 Å². The van der Waals surface area contributed by atoms with Gasteiger partial charge in [-0.2, -0.15) is 0 Å². The minimum Gasteiger partial charge on any atom is -0.351 e. The van der Waals surface area contributed by atoms with Gasteiger partial charge in [-0.15, -0.1) is 12.4 Å². The molecule has 0 spiro atoms. The molecule has 148 valence electrons. The number of carbonyl (C=O) groups excluding carboxylic acids is 3. The Labute approximate surface area is 166 Å². The highest BCUT2D eigenvalue weighted by molar-refractivity contribution is 6.22. The third-order valence-electron chi connectivity index (χ3n) is 5.45. The van der Waals surface area contributed by atoms with E-state index in [1.165, 1.54) is 4.90 Å². The number of nitrogens with zero attached hydrogens (tertiary/aromatic N) is 1. The van der Waals surface area contributed by atoms with Crippen LogP contribution in [0.25, 0.3) is 0 Å². The Balaban J connectivity index is 0.00000261. The molecule has 0 aliphatic carbocycles. The zero-order valence-electron chi connectivity index (χ0n) is 16.0. The lowest BCUT2D eigenvalue weighted by Gasteiger charge is -2.34. The predicted octanol–water partition coefficient (Wildman–Crippen LogP) is 2.62. The van der Waals surface area contributed by atoms with Gasteiger partial charge < -0.3 is 10.6 Å². The fourth-order valence-corrected chi connectivity index (χ4v) is 3.55. The van der Waals surface area contributed by atoms with Crippen molar-refractivity contribution >= 4 is 30.1 Å². The van der Waals surface area contributed by atoms with Crippen molar-refractivity contribution in [2.45, 2.75) is 39.5 Å². The Morgan fingerprint density at radius 3 is 2.52 bits per heavy atom. The molecular formula is C20H28ClN3O3. The summed E-state index contributed by atoms with van der Waals surface area (Å²) in [4.78, 5) is 38.7.